The van der Waals surface area contributed by atoms with Gasteiger partial charge in [-0.3, -0.25) is 0 Å². The summed E-state index contributed by atoms with van der Waals surface area (Å²) in [5.41, 5.74) is 0. The van der Waals surface area contributed by atoms with Crippen molar-refractivity contribution in [3.63, 3.8) is 0 Å². The Morgan fingerprint density at radius 2 is 1.90 bits per heavy atom. The predicted molar refractivity (Wildman–Crippen MR) is 91.9 cm³/mol. The molecule has 0 saturated heterocycles. The molecule has 0 N–H and O–H groups in total. The Hall–Kier alpha value is -0.520. The van der Waals surface area contributed by atoms with Gasteiger partial charge in [-0.25, -0.2) is 0 Å². The van der Waals surface area contributed by atoms with Gasteiger partial charge < -0.3 is 0 Å². The highest BCUT2D eigenvalue weighted by molar-refractivity contribution is 5.01. The minimum Gasteiger partial charge on any atom is -0.103 e. The molecule has 0 amide bonds. The number of hydrogen-bond donors (Lipinski definition) is 0. The average molecular weight is 277 g/mol. The Morgan fingerprint density at radius 1 is 1.10 bits per heavy atom. The summed E-state index contributed by atoms with van der Waals surface area (Å²) < 4.78 is 0. The van der Waals surface area contributed by atoms with Crippen molar-refractivity contribution < 1.29 is 0 Å². The van der Waals surface area contributed by atoms with Crippen molar-refractivity contribution in [3.05, 3.63) is 24.8 Å². The Morgan fingerprint density at radius 3 is 2.55 bits per heavy atom. The predicted octanol–water partition coefficient (Wildman–Crippen LogP) is 6.78. The Kier molecular flexibility index (Phi) is 8.98. The van der Waals surface area contributed by atoms with Crippen molar-refractivity contribution in [2.24, 2.45) is 23.7 Å². The summed E-state index contributed by atoms with van der Waals surface area (Å²) in [6.45, 7) is 11.0. The van der Waals surface area contributed by atoms with Gasteiger partial charge in [0.2, 0.25) is 0 Å². The topological polar surface area (TPSA) is 0 Å². The third-order valence-corrected chi connectivity index (χ3v) is 4.98. The van der Waals surface area contributed by atoms with Crippen molar-refractivity contribution in [1.29, 1.82) is 0 Å². The molecule has 0 heteroatoms. The maximum Gasteiger partial charge on any atom is -0.0199 e. The van der Waals surface area contributed by atoms with Crippen LogP contribution in [0.1, 0.15) is 78.6 Å². The van der Waals surface area contributed by atoms with Gasteiger partial charge in [-0.15, -0.1) is 6.58 Å². The van der Waals surface area contributed by atoms with E-state index in [-0.39, 0.29) is 0 Å². The fraction of sp³-hybridized carbons (Fsp3) is 0.800. The molecule has 0 bridgehead atoms. The summed E-state index contributed by atoms with van der Waals surface area (Å²) in [7, 11) is 0. The van der Waals surface area contributed by atoms with Gasteiger partial charge in [0.25, 0.3) is 0 Å². The van der Waals surface area contributed by atoms with Crippen LogP contribution in [-0.4, -0.2) is 0 Å². The van der Waals surface area contributed by atoms with Crippen LogP contribution in [0.3, 0.4) is 0 Å². The molecule has 0 nitrogen and oxygen atoms in total. The normalized spacial score (nSPS) is 28.1. The Labute approximate surface area is 127 Å². The molecule has 1 aliphatic carbocycles. The first-order chi connectivity index (χ1) is 9.71. The van der Waals surface area contributed by atoms with Crippen LogP contribution in [0.2, 0.25) is 0 Å². The first kappa shape index (κ1) is 17.5. The fourth-order valence-corrected chi connectivity index (χ4v) is 3.65. The molecule has 0 aromatic heterocycles. The monoisotopic (exact) mass is 276 g/mol. The van der Waals surface area contributed by atoms with Gasteiger partial charge in [0.1, 0.15) is 0 Å². The van der Waals surface area contributed by atoms with E-state index in [2.05, 4.69) is 45.6 Å². The van der Waals surface area contributed by atoms with Crippen molar-refractivity contribution in [2.45, 2.75) is 78.6 Å². The number of rotatable bonds is 10. The Balaban J connectivity index is 2.35. The zero-order chi connectivity index (χ0) is 14.8. The first-order valence-electron chi connectivity index (χ1n) is 9.02. The molecule has 116 valence electrons. The van der Waals surface area contributed by atoms with Crippen molar-refractivity contribution in [3.8, 4) is 0 Å². The zero-order valence-corrected chi connectivity index (χ0v) is 14.1. The molecular formula is C20H36. The summed E-state index contributed by atoms with van der Waals surface area (Å²) in [5.74, 6) is 3.25. The van der Waals surface area contributed by atoms with Crippen LogP contribution >= 0.6 is 0 Å². The average Bonchev–Trinajstić information content (AvgIpc) is 2.84. The van der Waals surface area contributed by atoms with Crippen molar-refractivity contribution in [1.82, 2.24) is 0 Å². The van der Waals surface area contributed by atoms with Crippen LogP contribution < -0.4 is 0 Å². The number of hydrogen-bond acceptors (Lipinski definition) is 0. The van der Waals surface area contributed by atoms with Gasteiger partial charge in [0, 0.05) is 0 Å². The van der Waals surface area contributed by atoms with E-state index >= 15 is 0 Å². The maximum atomic E-state index is 4.00. The standard InChI is InChI=1S/C20H36/c1-5-8-9-10-12-17(4)13-14-20-16-18(7-3)15-19(20)11-6-2/h7,13-14,17-20H,3,5-6,8-12,15-16H2,1-2,4H3/b14-13+/t17-,18?,19?,20?/m0/s1. The molecule has 0 radical (unpaired) electrons. The maximum absolute atomic E-state index is 4.00. The van der Waals surface area contributed by atoms with E-state index in [1.807, 2.05) is 0 Å². The van der Waals surface area contributed by atoms with E-state index < -0.39 is 0 Å². The largest absolute Gasteiger partial charge is 0.103 e. The lowest BCUT2D eigenvalue weighted by Gasteiger charge is -2.15. The summed E-state index contributed by atoms with van der Waals surface area (Å²) >= 11 is 0. The molecule has 3 unspecified atom stereocenters. The number of allylic oxidation sites excluding steroid dienone is 3. The SMILES string of the molecule is C=CC1CC(/C=C/[C@@H](C)CCCCCC)C(CCC)C1. The summed E-state index contributed by atoms with van der Waals surface area (Å²) in [5, 5.41) is 0. The van der Waals surface area contributed by atoms with Crippen LogP contribution in [0.15, 0.2) is 24.8 Å². The van der Waals surface area contributed by atoms with Gasteiger partial charge in [-0.1, -0.05) is 77.5 Å². The molecule has 1 saturated carbocycles. The lowest BCUT2D eigenvalue weighted by molar-refractivity contribution is 0.417. The molecule has 4 atom stereocenters. The molecule has 0 aromatic rings. The van der Waals surface area contributed by atoms with E-state index in [1.54, 1.807) is 0 Å². The second-order valence-electron chi connectivity index (χ2n) is 6.89. The van der Waals surface area contributed by atoms with E-state index in [0.717, 1.165) is 23.7 Å². The van der Waals surface area contributed by atoms with E-state index in [4.69, 9.17) is 0 Å². The van der Waals surface area contributed by atoms with Crippen molar-refractivity contribution in [2.75, 3.05) is 0 Å². The highest BCUT2D eigenvalue weighted by atomic mass is 14.3. The van der Waals surface area contributed by atoms with Crippen LogP contribution in [0.5, 0.6) is 0 Å². The summed E-state index contributed by atoms with van der Waals surface area (Å²) in [6.07, 6.45) is 19.6. The second-order valence-corrected chi connectivity index (χ2v) is 6.89. The minimum atomic E-state index is 0.761. The van der Waals surface area contributed by atoms with Crippen LogP contribution in [-0.2, 0) is 0 Å². The zero-order valence-electron chi connectivity index (χ0n) is 14.1. The lowest BCUT2D eigenvalue weighted by atomic mass is 9.90. The highest BCUT2D eigenvalue weighted by Gasteiger charge is 2.30. The third-order valence-electron chi connectivity index (χ3n) is 4.98. The Bertz CT molecular complexity index is 276. The molecule has 1 rings (SSSR count). The summed E-state index contributed by atoms with van der Waals surface area (Å²) in [4.78, 5) is 0. The molecule has 0 aliphatic heterocycles. The number of unbranched alkanes of at least 4 members (excludes halogenated alkanes) is 3. The minimum absolute atomic E-state index is 0.761. The van der Waals surface area contributed by atoms with Crippen molar-refractivity contribution >= 4 is 0 Å². The third kappa shape index (κ3) is 6.29. The fourth-order valence-electron chi connectivity index (χ4n) is 3.65. The van der Waals surface area contributed by atoms with Crippen LogP contribution in [0.25, 0.3) is 0 Å². The van der Waals surface area contributed by atoms with Gasteiger partial charge in [-0.05, 0) is 42.9 Å². The van der Waals surface area contributed by atoms with Gasteiger partial charge >= 0.3 is 0 Å². The van der Waals surface area contributed by atoms with E-state index in [0.29, 0.717) is 0 Å². The second kappa shape index (κ2) is 10.2. The molecule has 20 heavy (non-hydrogen) atoms. The van der Waals surface area contributed by atoms with Gasteiger partial charge in [0.05, 0.1) is 0 Å². The highest BCUT2D eigenvalue weighted by Crippen LogP contribution is 2.40. The molecule has 0 heterocycles. The van der Waals surface area contributed by atoms with Gasteiger partial charge in [0.15, 0.2) is 0 Å². The molecule has 1 fully saturated rings. The van der Waals surface area contributed by atoms with Crippen LogP contribution in [0.4, 0.5) is 0 Å². The lowest BCUT2D eigenvalue weighted by Crippen LogP contribution is -2.05. The smallest absolute Gasteiger partial charge is 0.0199 e. The molecular weight excluding hydrogens is 240 g/mol. The first-order valence-corrected chi connectivity index (χ1v) is 9.02. The molecule has 1 aliphatic rings. The molecule has 0 spiro atoms. The van der Waals surface area contributed by atoms with E-state index in [1.165, 1.54) is 57.8 Å². The van der Waals surface area contributed by atoms with Crippen LogP contribution in [0, 0.1) is 23.7 Å². The molecule has 0 aromatic carbocycles. The van der Waals surface area contributed by atoms with Gasteiger partial charge in [-0.2, -0.15) is 0 Å². The van der Waals surface area contributed by atoms with E-state index in [9.17, 15) is 0 Å². The summed E-state index contributed by atoms with van der Waals surface area (Å²) in [6, 6.07) is 0. The quantitative estimate of drug-likeness (QED) is 0.305.